The van der Waals surface area contributed by atoms with Gasteiger partial charge in [-0.2, -0.15) is 0 Å². The molecule has 1 atom stereocenters. The molecule has 2 rings (SSSR count). The number of nitrogens with zero attached hydrogens (tertiary/aromatic N) is 1. The van der Waals surface area contributed by atoms with Crippen LogP contribution in [0.1, 0.15) is 22.2 Å². The van der Waals surface area contributed by atoms with Gasteiger partial charge in [0.15, 0.2) is 0 Å². The van der Waals surface area contributed by atoms with Crippen LogP contribution in [0.2, 0.25) is 0 Å². The van der Waals surface area contributed by atoms with E-state index in [0.29, 0.717) is 5.92 Å². The number of methoxy groups -OCH3 is 1. The number of nitrogens with one attached hydrogen (secondary N) is 1. The van der Waals surface area contributed by atoms with Crippen LogP contribution in [0.25, 0.3) is 0 Å². The van der Waals surface area contributed by atoms with Gasteiger partial charge in [0.05, 0.1) is 11.6 Å². The Kier molecular flexibility index (Phi) is 6.83. The Bertz CT molecular complexity index is 559. The predicted octanol–water partition coefficient (Wildman–Crippen LogP) is 3.78. The highest BCUT2D eigenvalue weighted by Gasteiger charge is 2.16. The lowest BCUT2D eigenvalue weighted by molar-refractivity contribution is 0.199. The second kappa shape index (κ2) is 8.63. The summed E-state index contributed by atoms with van der Waals surface area (Å²) < 4.78 is 6.26. The Labute approximate surface area is 138 Å². The molecule has 0 saturated carbocycles. The van der Waals surface area contributed by atoms with Gasteiger partial charge in [-0.05, 0) is 18.6 Å². The van der Waals surface area contributed by atoms with Gasteiger partial charge in [-0.25, -0.2) is 4.98 Å². The summed E-state index contributed by atoms with van der Waals surface area (Å²) in [6, 6.07) is 8.43. The third-order valence-corrected chi connectivity index (χ3v) is 5.02. The molecule has 0 aliphatic rings. The van der Waals surface area contributed by atoms with Crippen molar-refractivity contribution in [3.63, 3.8) is 0 Å². The standard InChI is InChI=1S/C16H21BrN2OS/c1-12-11-21-16(19-12)9-13(10-18-7-8-20-2)14-5-3-4-6-15(14)17/h3-6,11,13,18H,7-10H2,1-2H3. The smallest absolute Gasteiger partial charge is 0.0934 e. The highest BCUT2D eigenvalue weighted by molar-refractivity contribution is 9.10. The second-order valence-electron chi connectivity index (χ2n) is 5.00. The number of ether oxygens (including phenoxy) is 1. The zero-order valence-electron chi connectivity index (χ0n) is 12.4. The van der Waals surface area contributed by atoms with E-state index in [4.69, 9.17) is 4.74 Å². The summed E-state index contributed by atoms with van der Waals surface area (Å²) >= 11 is 5.41. The third kappa shape index (κ3) is 5.18. The van der Waals surface area contributed by atoms with Crippen LogP contribution in [0.15, 0.2) is 34.1 Å². The molecule has 5 heteroatoms. The molecule has 1 N–H and O–H groups in total. The number of thiazole rings is 1. The summed E-state index contributed by atoms with van der Waals surface area (Å²) in [5.41, 5.74) is 2.43. The molecule has 0 aliphatic carbocycles. The van der Waals surface area contributed by atoms with Crippen molar-refractivity contribution in [2.24, 2.45) is 0 Å². The van der Waals surface area contributed by atoms with Crippen LogP contribution < -0.4 is 5.32 Å². The molecule has 2 aromatic rings. The largest absolute Gasteiger partial charge is 0.383 e. The van der Waals surface area contributed by atoms with Gasteiger partial charge in [0, 0.05) is 48.1 Å². The van der Waals surface area contributed by atoms with E-state index >= 15 is 0 Å². The van der Waals surface area contributed by atoms with Crippen LogP contribution in [0.3, 0.4) is 0 Å². The number of benzene rings is 1. The first-order valence-electron chi connectivity index (χ1n) is 7.05. The number of aryl methyl sites for hydroxylation is 1. The Hall–Kier alpha value is -0.750. The maximum atomic E-state index is 5.09. The van der Waals surface area contributed by atoms with Crippen LogP contribution in [0.4, 0.5) is 0 Å². The van der Waals surface area contributed by atoms with Gasteiger partial charge in [-0.3, -0.25) is 0 Å². The molecule has 0 saturated heterocycles. The highest BCUT2D eigenvalue weighted by Crippen LogP contribution is 2.28. The molecule has 1 heterocycles. The number of halogens is 1. The summed E-state index contributed by atoms with van der Waals surface area (Å²) in [5.74, 6) is 0.406. The van der Waals surface area contributed by atoms with E-state index in [0.717, 1.165) is 36.3 Å². The molecule has 0 aliphatic heterocycles. The zero-order valence-corrected chi connectivity index (χ0v) is 14.8. The molecular formula is C16H21BrN2OS. The normalized spacial score (nSPS) is 12.5. The van der Waals surface area contributed by atoms with Crippen LogP contribution in [0.5, 0.6) is 0 Å². The average Bonchev–Trinajstić information content (AvgIpc) is 2.88. The third-order valence-electron chi connectivity index (χ3n) is 3.31. The lowest BCUT2D eigenvalue weighted by Gasteiger charge is -2.18. The van der Waals surface area contributed by atoms with E-state index in [1.807, 2.05) is 6.92 Å². The van der Waals surface area contributed by atoms with Gasteiger partial charge in [0.2, 0.25) is 0 Å². The van der Waals surface area contributed by atoms with Crippen LogP contribution in [0, 0.1) is 6.92 Å². The quantitative estimate of drug-likeness (QED) is 0.720. The fourth-order valence-electron chi connectivity index (χ4n) is 2.26. The average molecular weight is 369 g/mol. The molecule has 0 bridgehead atoms. The molecule has 3 nitrogen and oxygen atoms in total. The van der Waals surface area contributed by atoms with Gasteiger partial charge in [-0.1, -0.05) is 34.1 Å². The van der Waals surface area contributed by atoms with Crippen molar-refractivity contribution in [2.75, 3.05) is 26.8 Å². The van der Waals surface area contributed by atoms with Crippen LogP contribution >= 0.6 is 27.3 Å². The summed E-state index contributed by atoms with van der Waals surface area (Å²) in [6.07, 6.45) is 0.959. The predicted molar refractivity (Wildman–Crippen MR) is 92.2 cm³/mol. The number of hydrogen-bond donors (Lipinski definition) is 1. The summed E-state index contributed by atoms with van der Waals surface area (Å²) in [5, 5.41) is 6.78. The molecule has 1 unspecified atom stereocenters. The number of rotatable bonds is 8. The Morgan fingerprint density at radius 1 is 1.38 bits per heavy atom. The minimum atomic E-state index is 0.406. The van der Waals surface area contributed by atoms with E-state index in [2.05, 4.69) is 55.9 Å². The lowest BCUT2D eigenvalue weighted by atomic mass is 9.96. The molecule has 114 valence electrons. The fraction of sp³-hybridized carbons (Fsp3) is 0.438. The molecule has 0 radical (unpaired) electrons. The van der Waals surface area contributed by atoms with E-state index in [9.17, 15) is 0 Å². The summed E-state index contributed by atoms with van der Waals surface area (Å²) in [6.45, 7) is 4.57. The maximum absolute atomic E-state index is 5.09. The highest BCUT2D eigenvalue weighted by atomic mass is 79.9. The summed E-state index contributed by atoms with van der Waals surface area (Å²) in [7, 11) is 1.73. The van der Waals surface area contributed by atoms with E-state index in [1.54, 1.807) is 18.4 Å². The van der Waals surface area contributed by atoms with Gasteiger partial charge >= 0.3 is 0 Å². The fourth-order valence-corrected chi connectivity index (χ4v) is 3.72. The van der Waals surface area contributed by atoms with Gasteiger partial charge in [0.1, 0.15) is 0 Å². The van der Waals surface area contributed by atoms with Crippen molar-refractivity contribution < 1.29 is 4.74 Å². The van der Waals surface area contributed by atoms with Crippen LogP contribution in [-0.2, 0) is 11.2 Å². The maximum Gasteiger partial charge on any atom is 0.0934 e. The zero-order chi connectivity index (χ0) is 15.1. The van der Waals surface area contributed by atoms with Crippen molar-refractivity contribution in [1.82, 2.24) is 10.3 Å². The van der Waals surface area contributed by atoms with E-state index < -0.39 is 0 Å². The van der Waals surface area contributed by atoms with Gasteiger partial charge in [-0.15, -0.1) is 11.3 Å². The number of hydrogen-bond acceptors (Lipinski definition) is 4. The summed E-state index contributed by atoms with van der Waals surface area (Å²) in [4.78, 5) is 4.60. The monoisotopic (exact) mass is 368 g/mol. The molecule has 1 aromatic carbocycles. The van der Waals surface area contributed by atoms with Gasteiger partial charge in [0.25, 0.3) is 0 Å². The molecule has 21 heavy (non-hydrogen) atoms. The molecule has 0 fully saturated rings. The number of aromatic nitrogens is 1. The first-order valence-corrected chi connectivity index (χ1v) is 8.73. The Morgan fingerprint density at radius 3 is 2.86 bits per heavy atom. The van der Waals surface area contributed by atoms with E-state index in [-0.39, 0.29) is 0 Å². The first-order chi connectivity index (χ1) is 10.2. The van der Waals surface area contributed by atoms with Crippen molar-refractivity contribution in [3.05, 3.63) is 50.4 Å². The topological polar surface area (TPSA) is 34.1 Å². The molecule has 0 amide bonds. The van der Waals surface area contributed by atoms with Crippen molar-refractivity contribution >= 4 is 27.3 Å². The first kappa shape index (κ1) is 16.6. The van der Waals surface area contributed by atoms with Crippen molar-refractivity contribution in [1.29, 1.82) is 0 Å². The molecule has 0 spiro atoms. The SMILES string of the molecule is COCCNCC(Cc1nc(C)cs1)c1ccccc1Br. The van der Waals surface area contributed by atoms with Gasteiger partial charge < -0.3 is 10.1 Å². The lowest BCUT2D eigenvalue weighted by Crippen LogP contribution is -2.26. The van der Waals surface area contributed by atoms with Crippen molar-refractivity contribution in [2.45, 2.75) is 19.3 Å². The second-order valence-corrected chi connectivity index (χ2v) is 6.80. The Balaban J connectivity index is 2.08. The molecular weight excluding hydrogens is 348 g/mol. The van der Waals surface area contributed by atoms with Crippen LogP contribution in [-0.4, -0.2) is 31.8 Å². The van der Waals surface area contributed by atoms with E-state index in [1.165, 1.54) is 10.6 Å². The minimum Gasteiger partial charge on any atom is -0.383 e. The van der Waals surface area contributed by atoms with Crippen molar-refractivity contribution in [3.8, 4) is 0 Å². The minimum absolute atomic E-state index is 0.406. The Morgan fingerprint density at radius 2 is 2.19 bits per heavy atom. The molecule has 1 aromatic heterocycles.